The van der Waals surface area contributed by atoms with E-state index in [1.54, 1.807) is 0 Å². The van der Waals surface area contributed by atoms with Gasteiger partial charge in [-0.05, 0) is 27.6 Å². The smallest absolute Gasteiger partial charge is 0.374 e. The van der Waals surface area contributed by atoms with Gasteiger partial charge in [0.25, 0.3) is 6.43 Å². The van der Waals surface area contributed by atoms with Crippen molar-refractivity contribution in [1.82, 2.24) is 4.98 Å². The van der Waals surface area contributed by atoms with Crippen LogP contribution in [-0.2, 0) is 11.2 Å². The fraction of sp³-hybridized carbons (Fsp3) is 0.250. The molecule has 6 nitrogen and oxygen atoms in total. The Morgan fingerprint density at radius 1 is 1.65 bits per heavy atom. The molecule has 17 heavy (non-hydrogen) atoms. The number of alkyl halides is 2. The van der Waals surface area contributed by atoms with Crippen molar-refractivity contribution < 1.29 is 23.6 Å². The second kappa shape index (κ2) is 5.00. The number of hydrogen-bond donors (Lipinski definition) is 1. The van der Waals surface area contributed by atoms with Gasteiger partial charge in [-0.3, -0.25) is 4.79 Å². The number of carbonyl (C=O) groups is 1. The monoisotopic (exact) mass is 266 g/mol. The zero-order valence-corrected chi connectivity index (χ0v) is 8.82. The first-order valence-electron chi connectivity index (χ1n) is 4.16. The van der Waals surface area contributed by atoms with Crippen LogP contribution in [0.15, 0.2) is 6.07 Å². The van der Waals surface area contributed by atoms with Crippen LogP contribution in [0.2, 0.25) is 5.15 Å². The molecule has 9 heteroatoms. The second-order valence-corrected chi connectivity index (χ2v) is 3.34. The summed E-state index contributed by atoms with van der Waals surface area (Å²) in [6.07, 6.45) is -3.77. The van der Waals surface area contributed by atoms with Gasteiger partial charge in [-0.25, -0.2) is 8.78 Å². The summed E-state index contributed by atoms with van der Waals surface area (Å²) < 4.78 is 25.0. The Morgan fingerprint density at radius 3 is 2.65 bits per heavy atom. The minimum atomic E-state index is -3.13. The summed E-state index contributed by atoms with van der Waals surface area (Å²) in [5.74, 6) is -2.37. The number of nitro groups is 1. The number of carboxylic acids is 1. The highest BCUT2D eigenvalue weighted by molar-refractivity contribution is 6.30. The number of hydrogen-bond acceptors (Lipinski definition) is 4. The Hall–Kier alpha value is -1.83. The minimum absolute atomic E-state index is 0.194. The Balaban J connectivity index is 3.34. The van der Waals surface area contributed by atoms with Crippen molar-refractivity contribution >= 4 is 23.4 Å². The van der Waals surface area contributed by atoms with Crippen LogP contribution in [0.3, 0.4) is 0 Å². The Bertz CT molecular complexity index is 481. The third kappa shape index (κ3) is 3.06. The van der Waals surface area contributed by atoms with Crippen LogP contribution in [0.5, 0.6) is 0 Å². The normalized spacial score (nSPS) is 10.6. The van der Waals surface area contributed by atoms with Crippen LogP contribution < -0.4 is 0 Å². The molecule has 0 aliphatic heterocycles. The average Bonchev–Trinajstić information content (AvgIpc) is 2.19. The zero-order chi connectivity index (χ0) is 13.2. The predicted molar refractivity (Wildman–Crippen MR) is 52.2 cm³/mol. The highest BCUT2D eigenvalue weighted by atomic mass is 35.5. The van der Waals surface area contributed by atoms with Crippen LogP contribution in [0.1, 0.15) is 17.6 Å². The molecule has 92 valence electrons. The number of pyridine rings is 1. The van der Waals surface area contributed by atoms with Crippen molar-refractivity contribution in [3.63, 3.8) is 0 Å². The predicted octanol–water partition coefficient (Wildman–Crippen LogP) is 2.21. The van der Waals surface area contributed by atoms with Crippen molar-refractivity contribution in [1.29, 1.82) is 0 Å². The lowest BCUT2D eigenvalue weighted by Crippen LogP contribution is -2.06. The summed E-state index contributed by atoms with van der Waals surface area (Å²) in [5, 5.41) is 18.5. The van der Waals surface area contributed by atoms with Crippen LogP contribution in [-0.4, -0.2) is 21.0 Å². The largest absolute Gasteiger partial charge is 0.481 e. The van der Waals surface area contributed by atoms with Gasteiger partial charge < -0.3 is 15.2 Å². The Morgan fingerprint density at radius 2 is 2.24 bits per heavy atom. The van der Waals surface area contributed by atoms with E-state index < -0.39 is 40.3 Å². The molecule has 1 aromatic heterocycles. The first kappa shape index (κ1) is 13.2. The maximum Gasteiger partial charge on any atom is 0.374 e. The lowest BCUT2D eigenvalue weighted by atomic mass is 10.1. The van der Waals surface area contributed by atoms with Crippen LogP contribution in [0.25, 0.3) is 0 Å². The maximum absolute atomic E-state index is 12.5. The first-order chi connectivity index (χ1) is 7.82. The number of rotatable bonds is 4. The molecule has 1 rings (SSSR count). The summed E-state index contributed by atoms with van der Waals surface area (Å²) in [4.78, 5) is 22.9. The SMILES string of the molecule is O=C(O)Cc1cc(C(F)F)c([N+](=O)[O-])nc1Cl. The second-order valence-electron chi connectivity index (χ2n) is 2.98. The number of nitrogens with zero attached hydrogens (tertiary/aromatic N) is 2. The van der Waals surface area contributed by atoms with E-state index in [1.165, 1.54) is 0 Å². The van der Waals surface area contributed by atoms with Gasteiger partial charge >= 0.3 is 11.8 Å². The lowest BCUT2D eigenvalue weighted by Gasteiger charge is -2.04. The third-order valence-electron chi connectivity index (χ3n) is 1.81. The highest BCUT2D eigenvalue weighted by Gasteiger charge is 2.27. The fourth-order valence-corrected chi connectivity index (χ4v) is 1.34. The van der Waals surface area contributed by atoms with E-state index in [-0.39, 0.29) is 5.56 Å². The van der Waals surface area contributed by atoms with Gasteiger partial charge in [-0.1, -0.05) is 0 Å². The quantitative estimate of drug-likeness (QED) is 0.512. The van der Waals surface area contributed by atoms with Crippen molar-refractivity contribution in [2.75, 3.05) is 0 Å². The molecular weight excluding hydrogens is 262 g/mol. The standard InChI is InChI=1S/C8H5ClF2N2O4/c9-6-3(2-5(14)15)1-4(7(10)11)8(12-6)13(16)17/h1,7H,2H2,(H,14,15). The van der Waals surface area contributed by atoms with Gasteiger partial charge in [0.05, 0.1) is 6.42 Å². The molecule has 0 unspecified atom stereocenters. The molecule has 1 aromatic rings. The van der Waals surface area contributed by atoms with Gasteiger partial charge in [0.2, 0.25) is 5.15 Å². The molecule has 0 saturated heterocycles. The van der Waals surface area contributed by atoms with Crippen molar-refractivity contribution in [3.8, 4) is 0 Å². The van der Waals surface area contributed by atoms with E-state index in [2.05, 4.69) is 4.98 Å². The van der Waals surface area contributed by atoms with Crippen LogP contribution in [0.4, 0.5) is 14.6 Å². The van der Waals surface area contributed by atoms with E-state index in [1.807, 2.05) is 0 Å². The van der Waals surface area contributed by atoms with Crippen molar-refractivity contribution in [2.24, 2.45) is 0 Å². The topological polar surface area (TPSA) is 93.3 Å². The number of aliphatic carboxylic acids is 1. The number of carboxylic acid groups (broad SMARTS) is 1. The van der Waals surface area contributed by atoms with Gasteiger partial charge in [-0.15, -0.1) is 0 Å². The molecule has 0 aliphatic rings. The van der Waals surface area contributed by atoms with Crippen molar-refractivity contribution in [2.45, 2.75) is 12.8 Å². The zero-order valence-electron chi connectivity index (χ0n) is 8.06. The molecule has 0 bridgehead atoms. The average molecular weight is 267 g/mol. The van der Waals surface area contributed by atoms with Gasteiger partial charge in [-0.2, -0.15) is 0 Å². The fourth-order valence-electron chi connectivity index (χ4n) is 1.13. The molecule has 1 N–H and O–H groups in total. The molecule has 0 saturated carbocycles. The summed E-state index contributed by atoms with van der Waals surface area (Å²) in [5.41, 5.74) is -1.14. The maximum atomic E-state index is 12.5. The first-order valence-corrected chi connectivity index (χ1v) is 4.54. The molecular formula is C8H5ClF2N2O4. The van der Waals surface area contributed by atoms with E-state index in [9.17, 15) is 23.7 Å². The Labute approximate surface area is 98.0 Å². The van der Waals surface area contributed by atoms with E-state index in [4.69, 9.17) is 16.7 Å². The van der Waals surface area contributed by atoms with Gasteiger partial charge in [0, 0.05) is 5.56 Å². The minimum Gasteiger partial charge on any atom is -0.481 e. The summed E-state index contributed by atoms with van der Waals surface area (Å²) in [6, 6.07) is 0.687. The molecule has 0 radical (unpaired) electrons. The van der Waals surface area contributed by atoms with Gasteiger partial charge in [0.1, 0.15) is 5.56 Å². The summed E-state index contributed by atoms with van der Waals surface area (Å²) in [7, 11) is 0. The number of halogens is 3. The lowest BCUT2D eigenvalue weighted by molar-refractivity contribution is -0.391. The summed E-state index contributed by atoms with van der Waals surface area (Å²) >= 11 is 5.47. The molecule has 1 heterocycles. The van der Waals surface area contributed by atoms with E-state index >= 15 is 0 Å². The number of aromatic nitrogens is 1. The highest BCUT2D eigenvalue weighted by Crippen LogP contribution is 2.30. The molecule has 0 spiro atoms. The van der Waals surface area contributed by atoms with Crippen LogP contribution >= 0.6 is 11.6 Å². The third-order valence-corrected chi connectivity index (χ3v) is 2.13. The van der Waals surface area contributed by atoms with Crippen molar-refractivity contribution in [3.05, 3.63) is 32.5 Å². The van der Waals surface area contributed by atoms with Crippen LogP contribution in [0, 0.1) is 10.1 Å². The Kier molecular flexibility index (Phi) is 3.89. The van der Waals surface area contributed by atoms with E-state index in [0.29, 0.717) is 6.07 Å². The molecule has 0 amide bonds. The molecule has 0 atom stereocenters. The molecule has 0 fully saturated rings. The molecule has 0 aromatic carbocycles. The van der Waals surface area contributed by atoms with E-state index in [0.717, 1.165) is 0 Å². The van der Waals surface area contributed by atoms with Gasteiger partial charge in [0.15, 0.2) is 0 Å². The molecule has 0 aliphatic carbocycles. The summed E-state index contributed by atoms with van der Waals surface area (Å²) in [6.45, 7) is 0.